The van der Waals surface area contributed by atoms with Crippen LogP contribution in [0.4, 0.5) is 0 Å². The number of hydrogen-bond donors (Lipinski definition) is 4. The first-order valence-electron chi connectivity index (χ1n) is 32.6. The van der Waals surface area contributed by atoms with Gasteiger partial charge in [-0.05, 0) is 112 Å². The van der Waals surface area contributed by atoms with Gasteiger partial charge in [-0.15, -0.1) is 0 Å². The van der Waals surface area contributed by atoms with E-state index in [-0.39, 0.29) is 71.6 Å². The maximum Gasteiger partial charge on any atom is 0.252 e. The van der Waals surface area contributed by atoms with Gasteiger partial charge in [-0.3, -0.25) is 38.4 Å². The lowest BCUT2D eigenvalue weighted by molar-refractivity contribution is -0.171. The molecule has 0 aromatic heterocycles. The molecule has 4 saturated heterocycles. The third-order valence-electron chi connectivity index (χ3n) is 18.9. The van der Waals surface area contributed by atoms with E-state index in [4.69, 9.17) is 0 Å². The van der Waals surface area contributed by atoms with E-state index in [1.54, 1.807) is 68.6 Å². The first-order valence-corrected chi connectivity index (χ1v) is 35.7. The SMILES string of the molecule is C[C@H](NC(=O)c1ccccc1[C@H]1N2C(=O)CCC(=O)N2[C@H](c2ccccc2C(=O)N[C@@H](C)c2ccccc2)P1C1C=CC=CC1P1[C@@H](c2ccccc2C(=O)N[C@@H](C)c2ccccc2)N2C(=O)CCC(=O)N2[C@@H]1c1ccccc1C(=O)N[C@@H](C)c1ccccc1)c1ccccc1. The quantitative estimate of drug-likeness (QED) is 0.0609. The summed E-state index contributed by atoms with van der Waals surface area (Å²) in [6.07, 6.45) is 7.52. The second-order valence-corrected chi connectivity index (χ2v) is 29.8. The molecule has 16 nitrogen and oxygen atoms in total. The third kappa shape index (κ3) is 12.5. The topological polar surface area (TPSA) is 198 Å². The Morgan fingerprint density at radius 2 is 0.510 bits per heavy atom. The van der Waals surface area contributed by atoms with Crippen molar-refractivity contribution in [3.8, 4) is 0 Å². The van der Waals surface area contributed by atoms with Gasteiger partial charge in [0, 0.05) is 59.3 Å². The lowest BCUT2D eigenvalue weighted by Gasteiger charge is -2.42. The normalized spacial score (nSPS) is 21.4. The Balaban J connectivity index is 1.04. The average Bonchev–Trinajstić information content (AvgIpc) is 1.55. The summed E-state index contributed by atoms with van der Waals surface area (Å²) < 4.78 is 0. The van der Waals surface area contributed by atoms with Gasteiger partial charge in [-0.25, -0.2) is 20.0 Å². The fourth-order valence-electron chi connectivity index (χ4n) is 14.2. The Morgan fingerprint density at radius 3 is 0.729 bits per heavy atom. The largest absolute Gasteiger partial charge is 0.346 e. The van der Waals surface area contributed by atoms with Crippen molar-refractivity contribution in [3.05, 3.63) is 309 Å². The van der Waals surface area contributed by atoms with Crippen LogP contribution in [-0.4, -0.2) is 78.6 Å². The number of hydrazine groups is 2. The summed E-state index contributed by atoms with van der Waals surface area (Å²) in [7, 11) is -4.17. The number of nitrogens with zero attached hydrogens (tertiary/aromatic N) is 4. The molecule has 13 rings (SSSR count). The van der Waals surface area contributed by atoms with Crippen LogP contribution in [0.1, 0.15) is 187 Å². The third-order valence-corrected chi connectivity index (χ3v) is 25.8. The predicted molar refractivity (Wildman–Crippen MR) is 372 cm³/mol. The second-order valence-electron chi connectivity index (χ2n) is 24.9. The zero-order valence-electron chi connectivity index (χ0n) is 53.6. The fourth-order valence-corrected chi connectivity index (χ4v) is 22.6. The van der Waals surface area contributed by atoms with Crippen molar-refractivity contribution in [2.24, 2.45) is 0 Å². The summed E-state index contributed by atoms with van der Waals surface area (Å²) in [6.45, 7) is 7.61. The molecule has 0 saturated carbocycles. The van der Waals surface area contributed by atoms with Crippen LogP contribution >= 0.6 is 15.8 Å². The molecular formula is C78H74N8O8P2. The number of allylic oxidation sites excluding steroid dienone is 4. The van der Waals surface area contributed by atoms with E-state index in [0.717, 1.165) is 22.3 Å². The van der Waals surface area contributed by atoms with E-state index in [0.29, 0.717) is 22.3 Å². The van der Waals surface area contributed by atoms with Crippen LogP contribution in [0, 0.1) is 0 Å². The first kappa shape index (κ1) is 64.6. The molecule has 8 aromatic rings. The summed E-state index contributed by atoms with van der Waals surface area (Å²) in [6, 6.07) is 65.3. The first-order chi connectivity index (χ1) is 46.7. The molecule has 0 bridgehead atoms. The molecule has 5 aliphatic rings. The number of hydrogen-bond acceptors (Lipinski definition) is 8. The molecule has 0 spiro atoms. The molecule has 4 fully saturated rings. The molecule has 0 radical (unpaired) electrons. The van der Waals surface area contributed by atoms with Crippen LogP contribution in [-0.2, 0) is 19.2 Å². The van der Waals surface area contributed by atoms with Crippen molar-refractivity contribution in [2.75, 3.05) is 0 Å². The summed E-state index contributed by atoms with van der Waals surface area (Å²) in [5.74, 6) is -7.21. The minimum atomic E-state index is -2.08. The standard InChI is InChI=1S/C78H74N8O8P2/c1-49(53-27-9-5-10-28-53)79-71(91)57-35-17-21-39-61(57)75-83-67(87)45-46-68(88)84(83)76(62-40-22-18-36-58(62)72(92)80-50(2)54-29-11-6-12-30-54)95(75)65-43-25-26-44-66(65)96-77(63-41-23-19-37-59(63)73(93)81-51(3)55-31-13-7-14-32-55)85-69(89)47-48-70(90)86(85)78(96)64-42-24-20-38-60(64)74(94)82-52(4)56-33-15-8-16-34-56/h5-44,49-52,65-66,75-78H,45-48H2,1-4H3,(H,79,91)(H,80,92)(H,81,93)(H,82,94)/t49-,50-,51-,52-,65?,66?,75-,76-,77-,78-/m0/s1. The highest BCUT2D eigenvalue weighted by Gasteiger charge is 2.63. The number of fused-ring (bicyclic) bond motifs is 2. The Bertz CT molecular complexity index is 3810. The molecule has 10 atom stereocenters. The van der Waals surface area contributed by atoms with E-state index in [9.17, 15) is 0 Å². The molecule has 484 valence electrons. The molecule has 18 heteroatoms. The maximum absolute atomic E-state index is 15.5. The van der Waals surface area contributed by atoms with E-state index in [1.165, 1.54) is 0 Å². The predicted octanol–water partition coefficient (Wildman–Crippen LogP) is 14.3. The maximum atomic E-state index is 15.5. The van der Waals surface area contributed by atoms with Crippen LogP contribution in [0.15, 0.2) is 243 Å². The summed E-state index contributed by atoms with van der Waals surface area (Å²) in [4.78, 5) is 124. The molecule has 4 N–H and O–H groups in total. The molecule has 8 aromatic carbocycles. The summed E-state index contributed by atoms with van der Waals surface area (Å²) >= 11 is 0. The van der Waals surface area contributed by atoms with Crippen LogP contribution in [0.3, 0.4) is 0 Å². The Morgan fingerprint density at radius 1 is 0.312 bits per heavy atom. The van der Waals surface area contributed by atoms with Crippen LogP contribution < -0.4 is 21.3 Å². The van der Waals surface area contributed by atoms with Crippen molar-refractivity contribution in [1.82, 2.24) is 41.3 Å². The summed E-state index contributed by atoms with van der Waals surface area (Å²) in [5.41, 5.74) is 5.01. The number of carbonyl (C=O) groups excluding carboxylic acids is 8. The second kappa shape index (κ2) is 28.1. The number of rotatable bonds is 18. The highest BCUT2D eigenvalue weighted by atomic mass is 31.1. The van der Waals surface area contributed by atoms with Crippen molar-refractivity contribution in [3.63, 3.8) is 0 Å². The molecule has 8 amide bonds. The fraction of sp³-hybridized carbons (Fsp3) is 0.231. The Hall–Kier alpha value is -10.1. The molecular weight excluding hydrogens is 1240 g/mol. The molecule has 96 heavy (non-hydrogen) atoms. The van der Waals surface area contributed by atoms with E-state index in [1.807, 2.05) is 210 Å². The molecule has 2 unspecified atom stereocenters. The highest BCUT2D eigenvalue weighted by molar-refractivity contribution is 7.64. The number of amides is 8. The smallest absolute Gasteiger partial charge is 0.252 e. The molecule has 4 aliphatic heterocycles. The van der Waals surface area contributed by atoms with Gasteiger partial charge in [0.2, 0.25) is 23.6 Å². The van der Waals surface area contributed by atoms with Crippen molar-refractivity contribution < 1.29 is 38.4 Å². The van der Waals surface area contributed by atoms with Crippen molar-refractivity contribution in [2.45, 2.75) is 112 Å². The van der Waals surface area contributed by atoms with Gasteiger partial charge >= 0.3 is 0 Å². The minimum absolute atomic E-state index is 0.129. The molecule has 4 heterocycles. The number of benzene rings is 8. The van der Waals surface area contributed by atoms with E-state index < -0.39 is 98.1 Å². The van der Waals surface area contributed by atoms with Crippen LogP contribution in [0.2, 0.25) is 0 Å². The van der Waals surface area contributed by atoms with Crippen molar-refractivity contribution in [1.29, 1.82) is 0 Å². The van der Waals surface area contributed by atoms with Gasteiger partial charge in [0.05, 0.1) is 24.2 Å². The molecule has 1 aliphatic carbocycles. The van der Waals surface area contributed by atoms with Crippen LogP contribution in [0.25, 0.3) is 0 Å². The number of nitrogens with one attached hydrogen (secondary N) is 4. The number of carbonyl (C=O) groups is 8. The van der Waals surface area contributed by atoms with Crippen molar-refractivity contribution >= 4 is 63.1 Å². The van der Waals surface area contributed by atoms with Gasteiger partial charge in [0.25, 0.3) is 23.6 Å². The average molecular weight is 1310 g/mol. The lowest BCUT2D eigenvalue weighted by Crippen LogP contribution is -2.50. The van der Waals surface area contributed by atoms with Gasteiger partial charge < -0.3 is 21.3 Å². The minimum Gasteiger partial charge on any atom is -0.346 e. The summed E-state index contributed by atoms with van der Waals surface area (Å²) in [5, 5.41) is 19.2. The monoisotopic (exact) mass is 1310 g/mol. The lowest BCUT2D eigenvalue weighted by atomic mass is 10.0. The Labute approximate surface area is 561 Å². The van der Waals surface area contributed by atoms with E-state index in [2.05, 4.69) is 33.4 Å². The zero-order valence-corrected chi connectivity index (χ0v) is 55.4. The van der Waals surface area contributed by atoms with Crippen LogP contribution in [0.5, 0.6) is 0 Å². The van der Waals surface area contributed by atoms with Gasteiger partial charge in [0.15, 0.2) is 0 Å². The zero-order chi connectivity index (χ0) is 66.7. The Kier molecular flexibility index (Phi) is 18.9. The van der Waals surface area contributed by atoms with E-state index >= 15 is 38.4 Å². The van der Waals surface area contributed by atoms with Gasteiger partial charge in [0.1, 0.15) is 23.1 Å². The van der Waals surface area contributed by atoms with Gasteiger partial charge in [-0.2, -0.15) is 0 Å². The van der Waals surface area contributed by atoms with Gasteiger partial charge in [-0.1, -0.05) is 218 Å². The highest BCUT2D eigenvalue weighted by Crippen LogP contribution is 2.81.